The van der Waals surface area contributed by atoms with Crippen LogP contribution in [0.25, 0.3) is 0 Å². The van der Waals surface area contributed by atoms with Crippen molar-refractivity contribution in [1.82, 2.24) is 4.90 Å². The van der Waals surface area contributed by atoms with Gasteiger partial charge >= 0.3 is 5.97 Å². The summed E-state index contributed by atoms with van der Waals surface area (Å²) in [6.07, 6.45) is 1.59. The summed E-state index contributed by atoms with van der Waals surface area (Å²) in [5.74, 6) is -0.758. The lowest BCUT2D eigenvalue weighted by Crippen LogP contribution is -2.52. The number of carbonyl (C=O) groups excluding carboxylic acids is 1. The van der Waals surface area contributed by atoms with E-state index in [1.165, 1.54) is 5.56 Å². The number of aliphatic carboxylic acids is 1. The van der Waals surface area contributed by atoms with E-state index in [2.05, 4.69) is 13.0 Å². The summed E-state index contributed by atoms with van der Waals surface area (Å²) in [6.45, 7) is 5.92. The number of piperidine rings is 1. The van der Waals surface area contributed by atoms with E-state index in [1.807, 2.05) is 34.9 Å². The molecule has 3 rings (SSSR count). The van der Waals surface area contributed by atoms with Crippen LogP contribution in [0, 0.1) is 11.8 Å². The van der Waals surface area contributed by atoms with Crippen molar-refractivity contribution in [2.24, 2.45) is 11.8 Å². The van der Waals surface area contributed by atoms with Gasteiger partial charge in [0, 0.05) is 25.3 Å². The number of carboxylic acids is 1. The fourth-order valence-electron chi connectivity index (χ4n) is 3.84. The monoisotopic (exact) mass is 316 g/mol. The number of amides is 1. The number of hydrogen-bond donors (Lipinski definition) is 1. The molecule has 0 saturated carbocycles. The highest BCUT2D eigenvalue weighted by atomic mass is 16.4. The van der Waals surface area contributed by atoms with Gasteiger partial charge in [0.1, 0.15) is 0 Å². The number of benzene rings is 1. The van der Waals surface area contributed by atoms with E-state index in [1.54, 1.807) is 0 Å². The number of carboxylic acid groups (broad SMARTS) is 1. The topological polar surface area (TPSA) is 60.9 Å². The van der Waals surface area contributed by atoms with Crippen molar-refractivity contribution in [2.75, 3.05) is 24.5 Å². The molecule has 1 aromatic carbocycles. The molecule has 1 saturated heterocycles. The van der Waals surface area contributed by atoms with Crippen LogP contribution in [0.1, 0.15) is 25.8 Å². The van der Waals surface area contributed by atoms with Gasteiger partial charge in [-0.2, -0.15) is 0 Å². The van der Waals surface area contributed by atoms with Gasteiger partial charge < -0.3 is 10.0 Å². The van der Waals surface area contributed by atoms with Crippen LogP contribution >= 0.6 is 0 Å². The SMILES string of the molecule is CC1CC(C(=O)O)CN(C(C)C(=O)N2CCc3ccccc32)C1. The molecule has 1 fully saturated rings. The molecule has 0 radical (unpaired) electrons. The second-order valence-electron chi connectivity index (χ2n) is 6.87. The minimum atomic E-state index is -0.757. The number of fused-ring (bicyclic) bond motifs is 1. The van der Waals surface area contributed by atoms with Crippen LogP contribution in [0.15, 0.2) is 24.3 Å². The van der Waals surface area contributed by atoms with Crippen molar-refractivity contribution in [2.45, 2.75) is 32.7 Å². The van der Waals surface area contributed by atoms with Crippen molar-refractivity contribution in [3.05, 3.63) is 29.8 Å². The summed E-state index contributed by atoms with van der Waals surface area (Å²) >= 11 is 0. The molecule has 3 unspecified atom stereocenters. The molecule has 1 amide bonds. The van der Waals surface area contributed by atoms with E-state index >= 15 is 0 Å². The number of rotatable bonds is 3. The van der Waals surface area contributed by atoms with E-state index in [0.29, 0.717) is 25.4 Å². The zero-order valence-electron chi connectivity index (χ0n) is 13.7. The molecule has 5 heteroatoms. The quantitative estimate of drug-likeness (QED) is 0.926. The second kappa shape index (κ2) is 6.32. The molecule has 0 aliphatic carbocycles. The molecule has 5 nitrogen and oxygen atoms in total. The van der Waals surface area contributed by atoms with Crippen molar-refractivity contribution < 1.29 is 14.7 Å². The highest BCUT2D eigenvalue weighted by Gasteiger charge is 2.36. The van der Waals surface area contributed by atoms with Gasteiger partial charge in [-0.1, -0.05) is 25.1 Å². The lowest BCUT2D eigenvalue weighted by molar-refractivity contribution is -0.145. The highest BCUT2D eigenvalue weighted by Crippen LogP contribution is 2.30. The number of carbonyl (C=O) groups is 2. The third-order valence-electron chi connectivity index (χ3n) is 5.10. The Morgan fingerprint density at radius 3 is 2.74 bits per heavy atom. The molecule has 124 valence electrons. The Kier molecular flexibility index (Phi) is 4.39. The number of likely N-dealkylation sites (tertiary alicyclic amines) is 1. The summed E-state index contributed by atoms with van der Waals surface area (Å²) in [4.78, 5) is 28.2. The summed E-state index contributed by atoms with van der Waals surface area (Å²) in [7, 11) is 0. The van der Waals surface area contributed by atoms with Crippen LogP contribution in [0.5, 0.6) is 0 Å². The maximum absolute atomic E-state index is 12.9. The Labute approximate surface area is 136 Å². The minimum absolute atomic E-state index is 0.0770. The third kappa shape index (κ3) is 3.11. The maximum atomic E-state index is 12.9. The van der Waals surface area contributed by atoms with Gasteiger partial charge in [0.15, 0.2) is 0 Å². The Morgan fingerprint density at radius 2 is 2.00 bits per heavy atom. The molecule has 0 bridgehead atoms. The first-order valence-electron chi connectivity index (χ1n) is 8.33. The Balaban J connectivity index is 1.74. The Hall–Kier alpha value is -1.88. The second-order valence-corrected chi connectivity index (χ2v) is 6.87. The first kappa shape index (κ1) is 16.0. The highest BCUT2D eigenvalue weighted by molar-refractivity contribution is 5.98. The molecule has 1 aromatic rings. The number of anilines is 1. The molecule has 3 atom stereocenters. The van der Waals surface area contributed by atoms with Crippen LogP contribution in [0.3, 0.4) is 0 Å². The van der Waals surface area contributed by atoms with Crippen LogP contribution in [-0.2, 0) is 16.0 Å². The van der Waals surface area contributed by atoms with Crippen molar-refractivity contribution in [3.63, 3.8) is 0 Å². The van der Waals surface area contributed by atoms with E-state index < -0.39 is 5.97 Å². The lowest BCUT2D eigenvalue weighted by Gasteiger charge is -2.39. The minimum Gasteiger partial charge on any atom is -0.481 e. The van der Waals surface area contributed by atoms with Crippen LogP contribution in [0.2, 0.25) is 0 Å². The Morgan fingerprint density at radius 1 is 1.26 bits per heavy atom. The fourth-order valence-corrected chi connectivity index (χ4v) is 3.84. The fraction of sp³-hybridized carbons (Fsp3) is 0.556. The van der Waals surface area contributed by atoms with Crippen LogP contribution in [0.4, 0.5) is 5.69 Å². The van der Waals surface area contributed by atoms with Crippen molar-refractivity contribution >= 4 is 17.6 Å². The predicted molar refractivity (Wildman–Crippen MR) is 88.4 cm³/mol. The summed E-state index contributed by atoms with van der Waals surface area (Å²) in [5, 5.41) is 9.31. The molecule has 2 aliphatic heterocycles. The summed E-state index contributed by atoms with van der Waals surface area (Å²) in [5.41, 5.74) is 2.22. The van der Waals surface area contributed by atoms with E-state index in [9.17, 15) is 14.7 Å². The van der Waals surface area contributed by atoms with Gasteiger partial charge in [-0.05, 0) is 37.3 Å². The molecule has 0 aromatic heterocycles. The van der Waals surface area contributed by atoms with Gasteiger partial charge in [0.05, 0.1) is 12.0 Å². The first-order valence-corrected chi connectivity index (χ1v) is 8.33. The van der Waals surface area contributed by atoms with Gasteiger partial charge in [-0.25, -0.2) is 0 Å². The average molecular weight is 316 g/mol. The van der Waals surface area contributed by atoms with Gasteiger partial charge in [-0.15, -0.1) is 0 Å². The number of para-hydroxylation sites is 1. The summed E-state index contributed by atoms with van der Waals surface area (Å²) in [6, 6.07) is 7.73. The van der Waals surface area contributed by atoms with Gasteiger partial charge in [0.2, 0.25) is 5.91 Å². The number of nitrogens with zero attached hydrogens (tertiary/aromatic N) is 2. The molecule has 2 heterocycles. The molecular formula is C18H24N2O3. The predicted octanol–water partition coefficient (Wildman–Crippen LogP) is 2.01. The van der Waals surface area contributed by atoms with Crippen molar-refractivity contribution in [1.29, 1.82) is 0 Å². The normalized spacial score (nSPS) is 25.9. The smallest absolute Gasteiger partial charge is 0.307 e. The number of hydrogen-bond acceptors (Lipinski definition) is 3. The Bertz CT molecular complexity index is 616. The van der Waals surface area contributed by atoms with Gasteiger partial charge in [0.25, 0.3) is 0 Å². The van der Waals surface area contributed by atoms with E-state index in [-0.39, 0.29) is 17.9 Å². The van der Waals surface area contributed by atoms with Crippen molar-refractivity contribution in [3.8, 4) is 0 Å². The summed E-state index contributed by atoms with van der Waals surface area (Å²) < 4.78 is 0. The lowest BCUT2D eigenvalue weighted by atomic mass is 9.89. The maximum Gasteiger partial charge on any atom is 0.307 e. The van der Waals surface area contributed by atoms with Crippen LogP contribution < -0.4 is 4.90 Å². The van der Waals surface area contributed by atoms with E-state index in [4.69, 9.17) is 0 Å². The molecular weight excluding hydrogens is 292 g/mol. The average Bonchev–Trinajstić information content (AvgIpc) is 2.96. The first-order chi connectivity index (χ1) is 11.0. The zero-order chi connectivity index (χ0) is 16.6. The largest absolute Gasteiger partial charge is 0.481 e. The molecule has 1 N–H and O–H groups in total. The molecule has 2 aliphatic rings. The third-order valence-corrected chi connectivity index (χ3v) is 5.10. The van der Waals surface area contributed by atoms with Crippen LogP contribution in [-0.4, -0.2) is 47.6 Å². The zero-order valence-corrected chi connectivity index (χ0v) is 13.7. The standard InChI is InChI=1S/C18H24N2O3/c1-12-9-15(18(22)23)11-19(10-12)13(2)17(21)20-8-7-14-5-3-4-6-16(14)20/h3-6,12-13,15H,7-11H2,1-2H3,(H,22,23). The van der Waals surface area contributed by atoms with Gasteiger partial charge in [-0.3, -0.25) is 14.5 Å². The molecule has 0 spiro atoms. The van der Waals surface area contributed by atoms with E-state index in [0.717, 1.165) is 18.7 Å². The molecule has 23 heavy (non-hydrogen) atoms.